The van der Waals surface area contributed by atoms with Gasteiger partial charge in [-0.2, -0.15) is 4.31 Å². The topological polar surface area (TPSA) is 84.6 Å². The third-order valence-electron chi connectivity index (χ3n) is 5.18. The summed E-state index contributed by atoms with van der Waals surface area (Å²) >= 11 is 0. The van der Waals surface area contributed by atoms with Gasteiger partial charge in [0.2, 0.25) is 10.0 Å². The fourth-order valence-corrected chi connectivity index (χ4v) is 4.83. The number of para-hydroxylation sites is 1. The number of hydrogen-bond donors (Lipinski definition) is 0. The zero-order chi connectivity index (χ0) is 20.5. The van der Waals surface area contributed by atoms with Gasteiger partial charge < -0.3 is 9.47 Å². The molecule has 1 saturated heterocycles. The van der Waals surface area contributed by atoms with E-state index in [9.17, 15) is 18.0 Å². The molecule has 0 spiro atoms. The van der Waals surface area contributed by atoms with E-state index >= 15 is 0 Å². The fraction of sp³-hybridized carbons (Fsp3) is 0.474. The molecule has 152 valence electrons. The first-order chi connectivity index (χ1) is 13.2. The molecule has 8 nitrogen and oxygen atoms in total. The van der Waals surface area contributed by atoms with Crippen LogP contribution >= 0.6 is 0 Å². The highest BCUT2D eigenvalue weighted by Gasteiger charge is 2.27. The minimum Gasteiger partial charge on any atom is -0.371 e. The Kier molecular flexibility index (Phi) is 5.76. The quantitative estimate of drug-likeness (QED) is 0.736. The molecule has 0 radical (unpaired) electrons. The Morgan fingerprint density at radius 1 is 1.04 bits per heavy atom. The second kappa shape index (κ2) is 7.92. The van der Waals surface area contributed by atoms with E-state index in [1.807, 2.05) is 24.3 Å². The summed E-state index contributed by atoms with van der Waals surface area (Å²) < 4.78 is 29.2. The van der Waals surface area contributed by atoms with Crippen molar-refractivity contribution in [2.75, 3.05) is 25.0 Å². The van der Waals surface area contributed by atoms with E-state index in [0.29, 0.717) is 0 Å². The van der Waals surface area contributed by atoms with Crippen LogP contribution in [0.1, 0.15) is 24.8 Å². The van der Waals surface area contributed by atoms with Gasteiger partial charge in [-0.3, -0.25) is 9.36 Å². The Labute approximate surface area is 164 Å². The highest BCUT2D eigenvalue weighted by molar-refractivity contribution is 7.89. The summed E-state index contributed by atoms with van der Waals surface area (Å²) in [5.41, 5.74) is 0.524. The molecular formula is C19H26N4O4S. The van der Waals surface area contributed by atoms with Gasteiger partial charge in [0.15, 0.2) is 4.90 Å². The minimum atomic E-state index is -4.06. The maximum Gasteiger partial charge on any atom is 0.330 e. The zero-order valence-electron chi connectivity index (χ0n) is 16.5. The summed E-state index contributed by atoms with van der Waals surface area (Å²) in [6.07, 6.45) is 4.54. The number of benzene rings is 1. The molecule has 0 bridgehead atoms. The van der Waals surface area contributed by atoms with Crippen LogP contribution in [0.3, 0.4) is 0 Å². The van der Waals surface area contributed by atoms with Gasteiger partial charge >= 0.3 is 5.69 Å². The van der Waals surface area contributed by atoms with E-state index in [0.717, 1.165) is 56.8 Å². The van der Waals surface area contributed by atoms with Crippen LogP contribution < -0.4 is 16.1 Å². The molecule has 1 aliphatic heterocycles. The van der Waals surface area contributed by atoms with Crippen molar-refractivity contribution in [1.82, 2.24) is 13.4 Å². The molecule has 0 unspecified atom stereocenters. The Balaban J connectivity index is 1.95. The summed E-state index contributed by atoms with van der Waals surface area (Å²) in [7, 11) is 0.0921. The molecule has 0 N–H and O–H groups in total. The first kappa shape index (κ1) is 20.3. The number of piperidine rings is 1. The van der Waals surface area contributed by atoms with Crippen LogP contribution in [0.25, 0.3) is 0 Å². The van der Waals surface area contributed by atoms with Crippen LogP contribution in [0, 0.1) is 0 Å². The number of sulfonamides is 1. The molecule has 0 saturated carbocycles. The Hall–Kier alpha value is -2.39. The van der Waals surface area contributed by atoms with Crippen molar-refractivity contribution in [3.05, 3.63) is 56.9 Å². The molecule has 1 aromatic heterocycles. The minimum absolute atomic E-state index is 0.140. The predicted octanol–water partition coefficient (Wildman–Crippen LogP) is 0.895. The number of hydrogen-bond acceptors (Lipinski definition) is 5. The van der Waals surface area contributed by atoms with E-state index in [-0.39, 0.29) is 6.54 Å². The van der Waals surface area contributed by atoms with E-state index < -0.39 is 26.2 Å². The maximum absolute atomic E-state index is 13.0. The van der Waals surface area contributed by atoms with Gasteiger partial charge in [0.1, 0.15) is 0 Å². The lowest BCUT2D eigenvalue weighted by Gasteiger charge is -2.31. The lowest BCUT2D eigenvalue weighted by molar-refractivity contribution is 0.461. The van der Waals surface area contributed by atoms with Gasteiger partial charge in [-0.25, -0.2) is 13.2 Å². The summed E-state index contributed by atoms with van der Waals surface area (Å²) in [4.78, 5) is 26.1. The number of aryl methyl sites for hydroxylation is 1. The molecule has 1 fully saturated rings. The normalized spacial score (nSPS) is 15.2. The number of nitrogens with zero attached hydrogens (tertiary/aromatic N) is 4. The zero-order valence-corrected chi connectivity index (χ0v) is 17.3. The lowest BCUT2D eigenvalue weighted by atomic mass is 10.1. The van der Waals surface area contributed by atoms with Crippen LogP contribution in [0.5, 0.6) is 0 Å². The second-order valence-corrected chi connectivity index (χ2v) is 9.20. The van der Waals surface area contributed by atoms with Gasteiger partial charge in [0.25, 0.3) is 5.56 Å². The average Bonchev–Trinajstić information content (AvgIpc) is 2.70. The molecule has 0 atom stereocenters. The predicted molar refractivity (Wildman–Crippen MR) is 108 cm³/mol. The van der Waals surface area contributed by atoms with Crippen LogP contribution in [0.4, 0.5) is 5.69 Å². The van der Waals surface area contributed by atoms with Gasteiger partial charge in [0.05, 0.1) is 0 Å². The first-order valence-electron chi connectivity index (χ1n) is 9.29. The SMILES string of the molecule is CN(Cc1ccccc1N1CCCCC1)S(=O)(=O)c1cn(C)c(=O)n(C)c1=O. The molecule has 2 aromatic rings. The summed E-state index contributed by atoms with van der Waals surface area (Å²) in [6, 6.07) is 7.75. The molecule has 1 aromatic carbocycles. The monoisotopic (exact) mass is 406 g/mol. The molecule has 28 heavy (non-hydrogen) atoms. The standard InChI is InChI=1S/C19H26N4O4S/c1-20-14-17(18(24)22(3)19(20)25)28(26,27)21(2)13-15-9-5-6-10-16(15)23-11-7-4-8-12-23/h5-6,9-10,14H,4,7-8,11-13H2,1-3H3. The Morgan fingerprint density at radius 3 is 2.36 bits per heavy atom. The average molecular weight is 407 g/mol. The summed E-state index contributed by atoms with van der Waals surface area (Å²) in [5, 5.41) is 0. The number of rotatable bonds is 5. The highest BCUT2D eigenvalue weighted by atomic mass is 32.2. The van der Waals surface area contributed by atoms with Gasteiger partial charge in [-0.05, 0) is 30.9 Å². The Bertz CT molecular complexity index is 1080. The second-order valence-electron chi connectivity index (χ2n) is 7.19. The molecular weight excluding hydrogens is 380 g/mol. The molecule has 0 amide bonds. The largest absolute Gasteiger partial charge is 0.371 e. The maximum atomic E-state index is 13.0. The van der Waals surface area contributed by atoms with Gasteiger partial charge in [0, 0.05) is 52.7 Å². The van der Waals surface area contributed by atoms with Crippen molar-refractivity contribution in [1.29, 1.82) is 0 Å². The molecule has 2 heterocycles. The van der Waals surface area contributed by atoms with E-state index in [4.69, 9.17) is 0 Å². The van der Waals surface area contributed by atoms with Crippen LogP contribution in [0.15, 0.2) is 44.9 Å². The third-order valence-corrected chi connectivity index (χ3v) is 6.97. The fourth-order valence-electron chi connectivity index (χ4n) is 3.53. The summed E-state index contributed by atoms with van der Waals surface area (Å²) in [5.74, 6) is 0. The third kappa shape index (κ3) is 3.77. The van der Waals surface area contributed by atoms with E-state index in [2.05, 4.69) is 4.90 Å². The summed E-state index contributed by atoms with van der Waals surface area (Å²) in [6.45, 7) is 2.05. The highest BCUT2D eigenvalue weighted by Crippen LogP contribution is 2.26. The molecule has 1 aliphatic rings. The number of aromatic nitrogens is 2. The lowest BCUT2D eigenvalue weighted by Crippen LogP contribution is -2.41. The molecule has 9 heteroatoms. The Morgan fingerprint density at radius 2 is 1.68 bits per heavy atom. The first-order valence-corrected chi connectivity index (χ1v) is 10.7. The van der Waals surface area contributed by atoms with Crippen molar-refractivity contribution in [2.24, 2.45) is 14.1 Å². The van der Waals surface area contributed by atoms with Crippen LogP contribution in [0.2, 0.25) is 0 Å². The van der Waals surface area contributed by atoms with E-state index in [1.54, 1.807) is 0 Å². The van der Waals surface area contributed by atoms with Crippen LogP contribution in [-0.2, 0) is 30.7 Å². The van der Waals surface area contributed by atoms with Crippen molar-refractivity contribution in [3.63, 3.8) is 0 Å². The molecule has 0 aliphatic carbocycles. The van der Waals surface area contributed by atoms with Gasteiger partial charge in [-0.15, -0.1) is 0 Å². The smallest absolute Gasteiger partial charge is 0.330 e. The van der Waals surface area contributed by atoms with Gasteiger partial charge in [-0.1, -0.05) is 18.2 Å². The van der Waals surface area contributed by atoms with E-state index in [1.165, 1.54) is 27.6 Å². The van der Waals surface area contributed by atoms with Crippen molar-refractivity contribution in [3.8, 4) is 0 Å². The number of anilines is 1. The van der Waals surface area contributed by atoms with Crippen LogP contribution in [-0.4, -0.2) is 42.0 Å². The van der Waals surface area contributed by atoms with Crippen molar-refractivity contribution < 1.29 is 8.42 Å². The van der Waals surface area contributed by atoms with Crippen molar-refractivity contribution >= 4 is 15.7 Å². The molecule has 3 rings (SSSR count). The van der Waals surface area contributed by atoms with Crippen molar-refractivity contribution in [2.45, 2.75) is 30.7 Å².